The third-order valence-corrected chi connectivity index (χ3v) is 6.75. The molecule has 3 aromatic heterocycles. The number of pyridine rings is 1. The third-order valence-electron chi connectivity index (χ3n) is 6.75. The first-order chi connectivity index (χ1) is 17.1. The van der Waals surface area contributed by atoms with E-state index in [1.165, 1.54) is 0 Å². The molecule has 1 aliphatic rings. The van der Waals surface area contributed by atoms with Crippen LogP contribution in [0, 0.1) is 0 Å². The predicted molar refractivity (Wildman–Crippen MR) is 136 cm³/mol. The Morgan fingerprint density at radius 1 is 1.06 bits per heavy atom. The second kappa shape index (κ2) is 9.20. The van der Waals surface area contributed by atoms with E-state index in [1.807, 2.05) is 30.3 Å². The number of benzene rings is 1. The zero-order valence-corrected chi connectivity index (χ0v) is 20.5. The van der Waals surface area contributed by atoms with Crippen LogP contribution < -0.4 is 5.32 Å². The summed E-state index contributed by atoms with van der Waals surface area (Å²) in [6, 6.07) is 9.49. The highest BCUT2D eigenvalue weighted by molar-refractivity contribution is 5.97. The van der Waals surface area contributed by atoms with Gasteiger partial charge in [0.15, 0.2) is 0 Å². The number of aromatic nitrogens is 4. The summed E-state index contributed by atoms with van der Waals surface area (Å²) in [6.07, 6.45) is 3.23. The van der Waals surface area contributed by atoms with E-state index in [4.69, 9.17) is 0 Å². The van der Waals surface area contributed by atoms with Crippen molar-refractivity contribution in [3.05, 3.63) is 60.7 Å². The van der Waals surface area contributed by atoms with Crippen LogP contribution >= 0.6 is 0 Å². The van der Waals surface area contributed by atoms with Gasteiger partial charge >= 0.3 is 6.18 Å². The first-order valence-electron chi connectivity index (χ1n) is 12.1. The van der Waals surface area contributed by atoms with Crippen molar-refractivity contribution in [2.45, 2.75) is 51.4 Å². The van der Waals surface area contributed by atoms with Crippen molar-refractivity contribution < 1.29 is 13.2 Å². The smallest absolute Gasteiger partial charge is 0.360 e. The topological polar surface area (TPSA) is 69.7 Å². The lowest BCUT2D eigenvalue weighted by atomic mass is 9.98. The molecule has 1 aliphatic heterocycles. The van der Waals surface area contributed by atoms with Gasteiger partial charge in [0.25, 0.3) is 0 Å². The maximum absolute atomic E-state index is 14.0. The lowest BCUT2D eigenvalue weighted by Crippen LogP contribution is -2.50. The van der Waals surface area contributed by atoms with Gasteiger partial charge in [-0.2, -0.15) is 13.2 Å². The second-order valence-corrected chi connectivity index (χ2v) is 10.3. The molecule has 36 heavy (non-hydrogen) atoms. The number of likely N-dealkylation sites (tertiary alicyclic amines) is 1. The minimum Gasteiger partial charge on any atom is -0.360 e. The maximum atomic E-state index is 14.0. The van der Waals surface area contributed by atoms with Crippen LogP contribution in [0.5, 0.6) is 0 Å². The van der Waals surface area contributed by atoms with Gasteiger partial charge in [0.05, 0.1) is 5.69 Å². The van der Waals surface area contributed by atoms with E-state index >= 15 is 0 Å². The standard InChI is InChI=1S/C27H29F3N6/c1-26(2,3)36-12-4-5-19(16-36)34-25-33-15-22(27(28,29)30)24(35-25)21-14-32-23-13-18(6-7-20(21)23)17-8-10-31-11-9-17/h6-11,13-15,19,32H,4-5,12,16H2,1-3H3,(H,33,34,35)/t19-/m0/s1. The van der Waals surface area contributed by atoms with Gasteiger partial charge in [-0.25, -0.2) is 9.97 Å². The molecule has 6 nitrogen and oxygen atoms in total. The summed E-state index contributed by atoms with van der Waals surface area (Å²) >= 11 is 0. The third kappa shape index (κ3) is 4.93. The molecule has 1 aromatic carbocycles. The van der Waals surface area contributed by atoms with E-state index in [2.05, 4.69) is 50.9 Å². The van der Waals surface area contributed by atoms with Crippen LogP contribution in [0.25, 0.3) is 33.3 Å². The Bertz CT molecular complexity index is 1360. The monoisotopic (exact) mass is 494 g/mol. The molecule has 0 aliphatic carbocycles. The number of rotatable bonds is 4. The van der Waals surface area contributed by atoms with Crippen LogP contribution in [0.2, 0.25) is 0 Å². The summed E-state index contributed by atoms with van der Waals surface area (Å²) in [4.78, 5) is 18.0. The number of fused-ring (bicyclic) bond motifs is 1. The molecule has 0 spiro atoms. The molecular formula is C27H29F3N6. The summed E-state index contributed by atoms with van der Waals surface area (Å²) in [6.45, 7) is 8.28. The number of anilines is 1. The Morgan fingerprint density at radius 3 is 2.56 bits per heavy atom. The van der Waals surface area contributed by atoms with Gasteiger partial charge < -0.3 is 10.3 Å². The molecule has 4 heterocycles. The highest BCUT2D eigenvalue weighted by Crippen LogP contribution is 2.39. The minimum atomic E-state index is -4.58. The number of alkyl halides is 3. The first kappa shape index (κ1) is 24.2. The number of nitrogens with one attached hydrogen (secondary N) is 2. The summed E-state index contributed by atoms with van der Waals surface area (Å²) in [5.41, 5.74) is 2.08. The average molecular weight is 495 g/mol. The largest absolute Gasteiger partial charge is 0.419 e. The Labute approximate surface area is 208 Å². The fourth-order valence-electron chi connectivity index (χ4n) is 4.80. The molecule has 1 atom stereocenters. The van der Waals surface area contributed by atoms with E-state index in [1.54, 1.807) is 18.6 Å². The van der Waals surface area contributed by atoms with E-state index in [0.29, 0.717) is 10.9 Å². The van der Waals surface area contributed by atoms with E-state index < -0.39 is 11.7 Å². The fraction of sp³-hybridized carbons (Fsp3) is 0.370. The van der Waals surface area contributed by atoms with Gasteiger partial charge in [-0.3, -0.25) is 9.88 Å². The number of nitrogens with zero attached hydrogens (tertiary/aromatic N) is 4. The molecule has 0 bridgehead atoms. The molecule has 1 saturated heterocycles. The quantitative estimate of drug-likeness (QED) is 0.345. The molecule has 0 radical (unpaired) electrons. The van der Waals surface area contributed by atoms with Crippen molar-refractivity contribution >= 4 is 16.9 Å². The molecular weight excluding hydrogens is 465 g/mol. The van der Waals surface area contributed by atoms with E-state index in [9.17, 15) is 13.2 Å². The van der Waals surface area contributed by atoms with Crippen molar-refractivity contribution in [2.75, 3.05) is 18.4 Å². The molecule has 1 fully saturated rings. The number of H-pyrrole nitrogens is 1. The molecule has 4 aromatic rings. The minimum absolute atomic E-state index is 0.0195. The van der Waals surface area contributed by atoms with Gasteiger partial charge in [-0.15, -0.1) is 0 Å². The van der Waals surface area contributed by atoms with Gasteiger partial charge in [0.2, 0.25) is 5.95 Å². The van der Waals surface area contributed by atoms with Gasteiger partial charge in [-0.05, 0) is 69.5 Å². The average Bonchev–Trinajstić information content (AvgIpc) is 3.27. The van der Waals surface area contributed by atoms with E-state index in [0.717, 1.165) is 48.8 Å². The SMILES string of the molecule is CC(C)(C)N1CCC[C@H](Nc2ncc(C(F)(F)F)c(-c3c[nH]c4cc(-c5ccncc5)ccc34)n2)C1. The molecule has 9 heteroatoms. The Hall–Kier alpha value is -3.46. The highest BCUT2D eigenvalue weighted by atomic mass is 19.4. The van der Waals surface area contributed by atoms with Crippen molar-refractivity contribution in [1.29, 1.82) is 0 Å². The van der Waals surface area contributed by atoms with Gasteiger partial charge in [-0.1, -0.05) is 12.1 Å². The number of piperidine rings is 1. The Morgan fingerprint density at radius 2 is 1.83 bits per heavy atom. The summed E-state index contributed by atoms with van der Waals surface area (Å²) in [5.74, 6) is 0.210. The van der Waals surface area contributed by atoms with Crippen molar-refractivity contribution in [1.82, 2.24) is 24.8 Å². The number of hydrogen-bond acceptors (Lipinski definition) is 5. The molecule has 2 N–H and O–H groups in total. The van der Waals surface area contributed by atoms with Crippen LogP contribution in [0.3, 0.4) is 0 Å². The Kier molecular flexibility index (Phi) is 6.20. The van der Waals surface area contributed by atoms with Crippen LogP contribution in [-0.2, 0) is 6.18 Å². The lowest BCUT2D eigenvalue weighted by molar-refractivity contribution is -0.137. The molecule has 5 rings (SSSR count). The van der Waals surface area contributed by atoms with E-state index in [-0.39, 0.29) is 23.2 Å². The normalized spacial score (nSPS) is 17.4. The second-order valence-electron chi connectivity index (χ2n) is 10.3. The predicted octanol–water partition coefficient (Wildman–Crippen LogP) is 6.38. The summed E-state index contributed by atoms with van der Waals surface area (Å²) in [5, 5.41) is 3.96. The van der Waals surface area contributed by atoms with Crippen molar-refractivity contribution in [2.24, 2.45) is 0 Å². The van der Waals surface area contributed by atoms with Crippen LogP contribution in [-0.4, -0.2) is 49.5 Å². The van der Waals surface area contributed by atoms with Crippen LogP contribution in [0.4, 0.5) is 19.1 Å². The molecule has 188 valence electrons. The summed E-state index contributed by atoms with van der Waals surface area (Å²) < 4.78 is 41.9. The summed E-state index contributed by atoms with van der Waals surface area (Å²) in [7, 11) is 0. The van der Waals surface area contributed by atoms with Gasteiger partial charge in [0.1, 0.15) is 5.56 Å². The Balaban J connectivity index is 1.50. The highest BCUT2D eigenvalue weighted by Gasteiger charge is 2.36. The lowest BCUT2D eigenvalue weighted by Gasteiger charge is -2.41. The number of hydrogen-bond donors (Lipinski definition) is 2. The fourth-order valence-corrected chi connectivity index (χ4v) is 4.80. The first-order valence-corrected chi connectivity index (χ1v) is 12.1. The molecule has 0 saturated carbocycles. The van der Waals surface area contributed by atoms with Crippen LogP contribution in [0.1, 0.15) is 39.2 Å². The number of aromatic amines is 1. The van der Waals surface area contributed by atoms with Gasteiger partial charge in [0, 0.05) is 59.4 Å². The van der Waals surface area contributed by atoms with Crippen molar-refractivity contribution in [3.8, 4) is 22.4 Å². The van der Waals surface area contributed by atoms with Crippen LogP contribution in [0.15, 0.2) is 55.1 Å². The zero-order chi connectivity index (χ0) is 25.5. The molecule has 0 amide bonds. The maximum Gasteiger partial charge on any atom is 0.419 e. The van der Waals surface area contributed by atoms with Crippen molar-refractivity contribution in [3.63, 3.8) is 0 Å². The zero-order valence-electron chi connectivity index (χ0n) is 20.5. The molecule has 0 unspecified atom stereocenters. The number of halogens is 3.